The van der Waals surface area contributed by atoms with Gasteiger partial charge in [-0.3, -0.25) is 4.79 Å². The van der Waals surface area contributed by atoms with Crippen LogP contribution in [0.3, 0.4) is 0 Å². The topological polar surface area (TPSA) is 63.2 Å². The van der Waals surface area contributed by atoms with Crippen LogP contribution in [0, 0.1) is 0 Å². The Morgan fingerprint density at radius 2 is 2.26 bits per heavy atom. The van der Waals surface area contributed by atoms with Crippen LogP contribution in [0.5, 0.6) is 0 Å². The van der Waals surface area contributed by atoms with Gasteiger partial charge in [0.05, 0.1) is 17.7 Å². The van der Waals surface area contributed by atoms with Crippen LogP contribution in [0.15, 0.2) is 11.6 Å². The standard InChI is InChI=1S/C13H21N3O2S/c1-12(2)7-9(13(3,4)18-12)15-8-10(17)16-11-14-5-6-19-11/h5-6,9,15H,7-8H2,1-4H3,(H,14,16,17)/t9-/m0/s1. The predicted molar refractivity (Wildman–Crippen MR) is 76.4 cm³/mol. The van der Waals surface area contributed by atoms with E-state index in [9.17, 15) is 4.79 Å². The number of amides is 1. The Balaban J connectivity index is 1.84. The number of ether oxygens (including phenoxy) is 1. The van der Waals surface area contributed by atoms with Gasteiger partial charge in [-0.15, -0.1) is 11.3 Å². The highest BCUT2D eigenvalue weighted by molar-refractivity contribution is 7.13. The molecule has 0 radical (unpaired) electrons. The maximum absolute atomic E-state index is 11.8. The minimum atomic E-state index is -0.259. The molecule has 0 spiro atoms. The molecular formula is C13H21N3O2S. The van der Waals surface area contributed by atoms with Crippen molar-refractivity contribution >= 4 is 22.4 Å². The largest absolute Gasteiger partial charge is 0.368 e. The molecule has 0 saturated carbocycles. The van der Waals surface area contributed by atoms with E-state index in [1.54, 1.807) is 6.20 Å². The van der Waals surface area contributed by atoms with Crippen LogP contribution in [0.1, 0.15) is 34.1 Å². The van der Waals surface area contributed by atoms with Gasteiger partial charge in [0.15, 0.2) is 5.13 Å². The number of aromatic nitrogens is 1. The van der Waals surface area contributed by atoms with E-state index < -0.39 is 0 Å². The molecule has 19 heavy (non-hydrogen) atoms. The Hall–Kier alpha value is -0.980. The van der Waals surface area contributed by atoms with Crippen molar-refractivity contribution in [3.05, 3.63) is 11.6 Å². The molecule has 2 heterocycles. The van der Waals surface area contributed by atoms with Crippen molar-refractivity contribution in [2.75, 3.05) is 11.9 Å². The van der Waals surface area contributed by atoms with Gasteiger partial charge in [0.25, 0.3) is 0 Å². The summed E-state index contributed by atoms with van der Waals surface area (Å²) in [7, 11) is 0. The summed E-state index contributed by atoms with van der Waals surface area (Å²) in [5, 5.41) is 8.50. The molecule has 0 aromatic carbocycles. The van der Waals surface area contributed by atoms with E-state index in [0.29, 0.717) is 5.13 Å². The Morgan fingerprint density at radius 1 is 1.53 bits per heavy atom. The number of hydrogen-bond donors (Lipinski definition) is 2. The van der Waals surface area contributed by atoms with E-state index in [2.05, 4.69) is 43.3 Å². The van der Waals surface area contributed by atoms with Crippen molar-refractivity contribution in [2.24, 2.45) is 0 Å². The van der Waals surface area contributed by atoms with E-state index in [-0.39, 0.29) is 29.7 Å². The molecule has 1 fully saturated rings. The van der Waals surface area contributed by atoms with Gasteiger partial charge in [-0.2, -0.15) is 0 Å². The van der Waals surface area contributed by atoms with Gasteiger partial charge in [0.2, 0.25) is 5.91 Å². The van der Waals surface area contributed by atoms with Crippen molar-refractivity contribution in [3.63, 3.8) is 0 Å². The lowest BCUT2D eigenvalue weighted by atomic mass is 9.94. The predicted octanol–water partition coefficient (Wildman–Crippen LogP) is 2.02. The summed E-state index contributed by atoms with van der Waals surface area (Å²) in [6.45, 7) is 8.53. The van der Waals surface area contributed by atoms with Crippen LogP contribution in [-0.2, 0) is 9.53 Å². The summed E-state index contributed by atoms with van der Waals surface area (Å²) >= 11 is 1.41. The lowest BCUT2D eigenvalue weighted by Crippen LogP contribution is -2.46. The van der Waals surface area contributed by atoms with Gasteiger partial charge >= 0.3 is 0 Å². The third-order valence-electron chi connectivity index (χ3n) is 3.26. The molecule has 2 rings (SSSR count). The molecule has 1 aromatic heterocycles. The highest BCUT2D eigenvalue weighted by Gasteiger charge is 2.45. The first-order valence-corrected chi connectivity index (χ1v) is 7.29. The minimum absolute atomic E-state index is 0.0737. The van der Waals surface area contributed by atoms with Crippen LogP contribution in [-0.4, -0.2) is 34.7 Å². The van der Waals surface area contributed by atoms with E-state index in [0.717, 1.165) is 6.42 Å². The minimum Gasteiger partial charge on any atom is -0.368 e. The molecular weight excluding hydrogens is 262 g/mol. The van der Waals surface area contributed by atoms with Crippen LogP contribution in [0.4, 0.5) is 5.13 Å². The van der Waals surface area contributed by atoms with Gasteiger partial charge < -0.3 is 15.4 Å². The molecule has 2 N–H and O–H groups in total. The highest BCUT2D eigenvalue weighted by Crippen LogP contribution is 2.37. The number of rotatable bonds is 4. The van der Waals surface area contributed by atoms with Gasteiger partial charge in [-0.05, 0) is 34.1 Å². The number of nitrogens with one attached hydrogen (secondary N) is 2. The SMILES string of the molecule is CC1(C)C[C@H](NCC(=O)Nc2nccs2)C(C)(C)O1. The quantitative estimate of drug-likeness (QED) is 0.887. The van der Waals surface area contributed by atoms with E-state index in [4.69, 9.17) is 4.74 Å². The Kier molecular flexibility index (Phi) is 3.94. The highest BCUT2D eigenvalue weighted by atomic mass is 32.1. The summed E-state index contributed by atoms with van der Waals surface area (Å²) in [4.78, 5) is 15.8. The summed E-state index contributed by atoms with van der Waals surface area (Å²) < 4.78 is 5.98. The Labute approximate surface area is 117 Å². The number of hydrogen-bond acceptors (Lipinski definition) is 5. The number of anilines is 1. The Morgan fingerprint density at radius 3 is 2.79 bits per heavy atom. The van der Waals surface area contributed by atoms with E-state index >= 15 is 0 Å². The number of carbonyl (C=O) groups excluding carboxylic acids is 1. The summed E-state index contributed by atoms with van der Waals surface area (Å²) in [6, 6.07) is 0.171. The number of thiazole rings is 1. The fourth-order valence-electron chi connectivity index (χ4n) is 2.54. The second-order valence-corrected chi connectivity index (χ2v) is 6.88. The zero-order valence-corrected chi connectivity index (χ0v) is 12.6. The zero-order chi connectivity index (χ0) is 14.1. The molecule has 0 bridgehead atoms. The fourth-order valence-corrected chi connectivity index (χ4v) is 3.09. The van der Waals surface area contributed by atoms with E-state index in [1.807, 2.05) is 5.38 Å². The number of carbonyl (C=O) groups is 1. The van der Waals surface area contributed by atoms with Crippen LogP contribution < -0.4 is 10.6 Å². The van der Waals surface area contributed by atoms with Gasteiger partial charge in [-0.1, -0.05) is 0 Å². The molecule has 1 aromatic rings. The average Bonchev–Trinajstić information content (AvgIpc) is 2.81. The first-order chi connectivity index (χ1) is 8.78. The van der Waals surface area contributed by atoms with Crippen LogP contribution in [0.2, 0.25) is 0 Å². The summed E-state index contributed by atoms with van der Waals surface area (Å²) in [5.74, 6) is -0.0737. The van der Waals surface area contributed by atoms with Crippen LogP contribution in [0.25, 0.3) is 0 Å². The third kappa shape index (κ3) is 3.75. The normalized spacial score (nSPS) is 24.3. The summed E-state index contributed by atoms with van der Waals surface area (Å²) in [5.41, 5.74) is -0.405. The lowest BCUT2D eigenvalue weighted by molar-refractivity contribution is -0.115. The van der Waals surface area contributed by atoms with Crippen molar-refractivity contribution < 1.29 is 9.53 Å². The zero-order valence-electron chi connectivity index (χ0n) is 11.8. The molecule has 6 heteroatoms. The first-order valence-electron chi connectivity index (χ1n) is 6.41. The number of nitrogens with zero attached hydrogens (tertiary/aromatic N) is 1. The second-order valence-electron chi connectivity index (χ2n) is 5.99. The van der Waals surface area contributed by atoms with Crippen molar-refractivity contribution in [1.82, 2.24) is 10.3 Å². The molecule has 1 aliphatic heterocycles. The van der Waals surface area contributed by atoms with E-state index in [1.165, 1.54) is 11.3 Å². The average molecular weight is 283 g/mol. The maximum Gasteiger partial charge on any atom is 0.240 e. The molecule has 1 aliphatic rings. The van der Waals surface area contributed by atoms with Gasteiger partial charge in [-0.25, -0.2) is 4.98 Å². The monoisotopic (exact) mass is 283 g/mol. The smallest absolute Gasteiger partial charge is 0.240 e. The molecule has 1 saturated heterocycles. The molecule has 106 valence electrons. The van der Waals surface area contributed by atoms with Gasteiger partial charge in [0, 0.05) is 17.6 Å². The second kappa shape index (κ2) is 5.19. The first kappa shape index (κ1) is 14.4. The van der Waals surface area contributed by atoms with Crippen molar-refractivity contribution in [3.8, 4) is 0 Å². The lowest BCUT2D eigenvalue weighted by Gasteiger charge is -2.27. The van der Waals surface area contributed by atoms with Crippen LogP contribution >= 0.6 is 11.3 Å². The molecule has 5 nitrogen and oxygen atoms in total. The summed E-state index contributed by atoms with van der Waals surface area (Å²) in [6.07, 6.45) is 2.56. The molecule has 1 atom stereocenters. The molecule has 0 aliphatic carbocycles. The molecule has 1 amide bonds. The Bertz CT molecular complexity index is 443. The van der Waals surface area contributed by atoms with Crippen molar-refractivity contribution in [1.29, 1.82) is 0 Å². The fraction of sp³-hybridized carbons (Fsp3) is 0.692. The maximum atomic E-state index is 11.8. The third-order valence-corrected chi connectivity index (χ3v) is 3.95. The van der Waals surface area contributed by atoms with Gasteiger partial charge in [0.1, 0.15) is 0 Å². The molecule has 0 unspecified atom stereocenters. The van der Waals surface area contributed by atoms with Crippen molar-refractivity contribution in [2.45, 2.75) is 51.4 Å².